The number of rotatable bonds is 9. The van der Waals surface area contributed by atoms with E-state index in [1.54, 1.807) is 0 Å². The number of carbonyl (C=O) groups excluding carboxylic acids is 1. The molecule has 2 atom stereocenters. The normalized spacial score (nSPS) is 14.9. The molecule has 4 nitrogen and oxygen atoms in total. The molecule has 0 saturated carbocycles. The molecular formula is C38H61N3O. The van der Waals surface area contributed by atoms with Crippen LogP contribution < -0.4 is 11.1 Å². The van der Waals surface area contributed by atoms with Crippen LogP contribution in [0.5, 0.6) is 0 Å². The van der Waals surface area contributed by atoms with Crippen molar-refractivity contribution in [2.24, 2.45) is 11.7 Å². The number of primary amides is 1. The van der Waals surface area contributed by atoms with Gasteiger partial charge in [0.15, 0.2) is 0 Å². The van der Waals surface area contributed by atoms with E-state index in [4.69, 9.17) is 5.26 Å². The average Bonchev–Trinajstić information content (AvgIpc) is 2.91. The van der Waals surface area contributed by atoms with Crippen molar-refractivity contribution in [3.8, 4) is 6.07 Å². The maximum Gasteiger partial charge on any atom is 0.214 e. The lowest BCUT2D eigenvalue weighted by Crippen LogP contribution is -2.31. The maximum atomic E-state index is 9.22. The summed E-state index contributed by atoms with van der Waals surface area (Å²) in [6.07, 6.45) is 17.5. The Morgan fingerprint density at radius 2 is 1.57 bits per heavy atom. The van der Waals surface area contributed by atoms with Crippen LogP contribution >= 0.6 is 0 Å². The van der Waals surface area contributed by atoms with Gasteiger partial charge < -0.3 is 11.1 Å². The number of hydrogen-bond acceptors (Lipinski definition) is 3. The Bertz CT molecular complexity index is 1040. The third kappa shape index (κ3) is 29.2. The number of nitrogens with two attached hydrogens (primary N) is 1. The van der Waals surface area contributed by atoms with E-state index in [9.17, 15) is 4.79 Å². The lowest BCUT2D eigenvalue weighted by molar-refractivity contribution is -0.115. The topological polar surface area (TPSA) is 78.9 Å². The van der Waals surface area contributed by atoms with Gasteiger partial charge in [0.2, 0.25) is 5.91 Å². The molecule has 1 amide bonds. The zero-order valence-electron chi connectivity index (χ0n) is 28.8. The number of carbonyl (C=O) groups is 1. The van der Waals surface area contributed by atoms with Gasteiger partial charge in [0.1, 0.15) is 0 Å². The summed E-state index contributed by atoms with van der Waals surface area (Å²) < 4.78 is 0. The van der Waals surface area contributed by atoms with Crippen molar-refractivity contribution in [3.63, 3.8) is 0 Å². The molecule has 0 aliphatic heterocycles. The van der Waals surface area contributed by atoms with Gasteiger partial charge >= 0.3 is 0 Å². The molecule has 4 heteroatoms. The van der Waals surface area contributed by atoms with Crippen LogP contribution in [0.1, 0.15) is 95.4 Å². The minimum absolute atomic E-state index is 0.199. The first kappa shape index (κ1) is 45.2. The molecule has 0 aromatic rings. The predicted molar refractivity (Wildman–Crippen MR) is 190 cm³/mol. The summed E-state index contributed by atoms with van der Waals surface area (Å²) in [7, 11) is 0. The highest BCUT2D eigenvalue weighted by Crippen LogP contribution is 2.21. The Morgan fingerprint density at radius 1 is 1.10 bits per heavy atom. The first-order chi connectivity index (χ1) is 19.5. The summed E-state index contributed by atoms with van der Waals surface area (Å²) in [6, 6.07) is 2.26. The Kier molecular flexibility index (Phi) is 30.8. The Balaban J connectivity index is -0.000000397. The lowest BCUT2D eigenvalue weighted by atomic mass is 9.93. The molecule has 0 radical (unpaired) electrons. The average molecular weight is 576 g/mol. The molecule has 0 heterocycles. The number of allylic oxidation sites excluding steroid dienone is 12. The fourth-order valence-electron chi connectivity index (χ4n) is 2.69. The van der Waals surface area contributed by atoms with Crippen LogP contribution in [0.25, 0.3) is 0 Å². The largest absolute Gasteiger partial charge is 0.382 e. The maximum absolute atomic E-state index is 9.22. The van der Waals surface area contributed by atoms with Crippen LogP contribution in [-0.2, 0) is 4.79 Å². The van der Waals surface area contributed by atoms with Gasteiger partial charge in [-0.25, -0.2) is 0 Å². The Labute approximate surface area is 260 Å². The van der Waals surface area contributed by atoms with Crippen molar-refractivity contribution in [2.45, 2.75) is 101 Å². The third-order valence-corrected chi connectivity index (χ3v) is 5.46. The number of nitriles is 1. The summed E-state index contributed by atoms with van der Waals surface area (Å²) in [4.78, 5) is 9.22. The summed E-state index contributed by atoms with van der Waals surface area (Å²) in [5.74, 6) is -0.0575. The second-order valence-electron chi connectivity index (χ2n) is 10.1. The first-order valence-electron chi connectivity index (χ1n) is 14.6. The molecular weight excluding hydrogens is 514 g/mol. The van der Waals surface area contributed by atoms with Crippen LogP contribution in [0.4, 0.5) is 0 Å². The van der Waals surface area contributed by atoms with Crippen LogP contribution in [0, 0.1) is 17.2 Å². The predicted octanol–water partition coefficient (Wildman–Crippen LogP) is 10.5. The second kappa shape index (κ2) is 28.7. The number of nitrogens with zero attached hydrogens (tertiary/aromatic N) is 1. The SMILES string of the molecule is C=C(C)C.C=C(C/C=C(\C)C(=C)C#N)C(=C)N[C@@H](C)C1C=C/C=C(/C(=C)CC)CC=C1.CC.CC(N)=O.CC=C(C)C. The summed E-state index contributed by atoms with van der Waals surface area (Å²) in [5, 5.41) is 12.3. The Morgan fingerprint density at radius 3 is 1.98 bits per heavy atom. The minimum Gasteiger partial charge on any atom is -0.382 e. The van der Waals surface area contributed by atoms with Crippen molar-refractivity contribution in [1.82, 2.24) is 5.32 Å². The summed E-state index contributed by atoms with van der Waals surface area (Å²) >= 11 is 0. The van der Waals surface area contributed by atoms with E-state index >= 15 is 0 Å². The quantitative estimate of drug-likeness (QED) is 0.163. The molecule has 3 N–H and O–H groups in total. The van der Waals surface area contributed by atoms with Crippen molar-refractivity contribution in [1.29, 1.82) is 5.26 Å². The highest BCUT2D eigenvalue weighted by atomic mass is 16.1. The van der Waals surface area contributed by atoms with Gasteiger partial charge in [-0.3, -0.25) is 4.79 Å². The molecule has 0 fully saturated rings. The number of amides is 1. The molecule has 234 valence electrons. The number of nitrogens with one attached hydrogen (secondary N) is 1. The highest BCUT2D eigenvalue weighted by Gasteiger charge is 2.14. The van der Waals surface area contributed by atoms with E-state index in [2.05, 4.69) is 114 Å². The molecule has 0 spiro atoms. The zero-order chi connectivity index (χ0) is 33.8. The van der Waals surface area contributed by atoms with Crippen LogP contribution in [0.15, 0.2) is 120 Å². The fourth-order valence-corrected chi connectivity index (χ4v) is 2.69. The van der Waals surface area contributed by atoms with Crippen molar-refractivity contribution in [3.05, 3.63) is 120 Å². The molecule has 1 aliphatic rings. The van der Waals surface area contributed by atoms with E-state index in [1.807, 2.05) is 47.6 Å². The molecule has 1 aliphatic carbocycles. The smallest absolute Gasteiger partial charge is 0.214 e. The van der Waals surface area contributed by atoms with E-state index in [-0.39, 0.29) is 17.9 Å². The van der Waals surface area contributed by atoms with Crippen LogP contribution in [0.3, 0.4) is 0 Å². The van der Waals surface area contributed by atoms with Crippen LogP contribution in [-0.4, -0.2) is 11.9 Å². The van der Waals surface area contributed by atoms with Crippen molar-refractivity contribution < 1.29 is 4.79 Å². The minimum atomic E-state index is -0.333. The third-order valence-electron chi connectivity index (χ3n) is 5.46. The van der Waals surface area contributed by atoms with E-state index in [0.717, 1.165) is 29.7 Å². The lowest BCUT2D eigenvalue weighted by Gasteiger charge is -2.23. The molecule has 0 bridgehead atoms. The Hall–Kier alpha value is -3.84. The first-order valence-corrected chi connectivity index (χ1v) is 14.6. The standard InChI is InChI=1S/C25H32N2.C5H10.C4H8.C2H5NO.C2H6/c1-8-18(2)24-11-9-13-25(14-10-12-24)23(7)27-22(6)20(4)16-15-19(3)21(5)17-26;1-4-5(2)3;1-4(2)3;1-2(3)4;1-2/h9-11,13-15,23,25,27H,2,4-6,8,12,16H2,1,3,7H3;4H,1-3H3;1H2,2-3H3;1H3,(H2,3,4);1-2H3/b13-9?,14-10?,19-15+,24-11+;;;;/t23-,25?;;;;/m0..../s1. The van der Waals surface area contributed by atoms with Gasteiger partial charge in [-0.05, 0) is 84.4 Å². The van der Waals surface area contributed by atoms with Crippen molar-refractivity contribution >= 4 is 5.91 Å². The molecule has 0 aromatic carbocycles. The second-order valence-corrected chi connectivity index (χ2v) is 10.1. The fraction of sp³-hybridized carbons (Fsp3) is 0.421. The van der Waals surface area contributed by atoms with Gasteiger partial charge in [-0.15, -0.1) is 6.58 Å². The van der Waals surface area contributed by atoms with Gasteiger partial charge in [0, 0.05) is 30.2 Å². The molecule has 42 heavy (non-hydrogen) atoms. The monoisotopic (exact) mass is 575 g/mol. The van der Waals surface area contributed by atoms with Gasteiger partial charge in [-0.2, -0.15) is 5.26 Å². The molecule has 0 saturated heterocycles. The van der Waals surface area contributed by atoms with Gasteiger partial charge in [0.05, 0.1) is 6.07 Å². The zero-order valence-corrected chi connectivity index (χ0v) is 28.8. The molecule has 0 aromatic heterocycles. The van der Waals surface area contributed by atoms with Gasteiger partial charge in [0.25, 0.3) is 0 Å². The highest BCUT2D eigenvalue weighted by molar-refractivity contribution is 5.70. The van der Waals surface area contributed by atoms with Gasteiger partial charge in [-0.1, -0.05) is 106 Å². The van der Waals surface area contributed by atoms with E-state index in [1.165, 1.54) is 29.2 Å². The van der Waals surface area contributed by atoms with Crippen molar-refractivity contribution in [2.75, 3.05) is 0 Å². The molecule has 1 rings (SSSR count). The molecule has 1 unspecified atom stereocenters. The number of hydrogen-bond donors (Lipinski definition) is 2. The summed E-state index contributed by atoms with van der Waals surface area (Å²) in [6.45, 7) is 41.3. The van der Waals surface area contributed by atoms with E-state index in [0.29, 0.717) is 12.0 Å². The van der Waals surface area contributed by atoms with Crippen LogP contribution in [0.2, 0.25) is 0 Å². The summed E-state index contributed by atoms with van der Waals surface area (Å²) in [5.41, 5.74) is 12.6. The van der Waals surface area contributed by atoms with E-state index < -0.39 is 0 Å².